The summed E-state index contributed by atoms with van der Waals surface area (Å²) >= 11 is 0. The van der Waals surface area contributed by atoms with Crippen LogP contribution < -0.4 is 5.32 Å². The number of pyridine rings is 1. The van der Waals surface area contributed by atoms with Crippen molar-refractivity contribution in [1.29, 1.82) is 0 Å². The number of hydrogen-bond acceptors (Lipinski definition) is 5. The van der Waals surface area contributed by atoms with Gasteiger partial charge in [0.05, 0.1) is 30.5 Å². The van der Waals surface area contributed by atoms with Crippen LogP contribution in [-0.4, -0.2) is 33.7 Å². The van der Waals surface area contributed by atoms with Crippen LogP contribution >= 0.6 is 0 Å². The number of carbonyl (C=O) groups is 2. The van der Waals surface area contributed by atoms with Gasteiger partial charge >= 0.3 is 17.7 Å². The number of amides is 1. The molecule has 2 aromatic heterocycles. The van der Waals surface area contributed by atoms with Gasteiger partial charge in [0, 0.05) is 17.3 Å². The predicted octanol–water partition coefficient (Wildman–Crippen LogP) is 6.38. The fourth-order valence-electron chi connectivity index (χ4n) is 4.92. The quantitative estimate of drug-likeness (QED) is 0.231. The van der Waals surface area contributed by atoms with Crippen molar-refractivity contribution >= 4 is 17.7 Å². The van der Waals surface area contributed by atoms with Crippen molar-refractivity contribution in [1.82, 2.24) is 14.7 Å². The highest BCUT2D eigenvalue weighted by molar-refractivity contribution is 5.97. The van der Waals surface area contributed by atoms with Crippen LogP contribution in [-0.2, 0) is 15.0 Å². The van der Waals surface area contributed by atoms with Crippen molar-refractivity contribution in [2.45, 2.75) is 44.2 Å². The second kappa shape index (κ2) is 9.82. The lowest BCUT2D eigenvalue weighted by molar-refractivity contribution is 0.0527. The number of nitrogens with one attached hydrogen (secondary N) is 1. The summed E-state index contributed by atoms with van der Waals surface area (Å²) in [6.07, 6.45) is 4.02. The van der Waals surface area contributed by atoms with Gasteiger partial charge in [0.2, 0.25) is 0 Å². The molecule has 192 valence electrons. The smallest absolute Gasteiger partial charge is 0.414 e. The van der Waals surface area contributed by atoms with Crippen molar-refractivity contribution in [3.63, 3.8) is 0 Å². The van der Waals surface area contributed by atoms with Gasteiger partial charge in [-0.15, -0.1) is 0 Å². The molecule has 4 aromatic rings. The second-order valence-electron chi connectivity index (χ2n) is 9.99. The molecule has 7 heteroatoms. The average molecular weight is 510 g/mol. The van der Waals surface area contributed by atoms with E-state index in [1.807, 2.05) is 71.3 Å². The van der Waals surface area contributed by atoms with Gasteiger partial charge in [-0.2, -0.15) is 0 Å². The first kappa shape index (κ1) is 25.3. The first-order valence-electron chi connectivity index (χ1n) is 12.8. The molecule has 0 saturated heterocycles. The number of benzene rings is 2. The molecule has 0 radical (unpaired) electrons. The number of esters is 1. The van der Waals surface area contributed by atoms with E-state index in [1.54, 1.807) is 19.9 Å². The number of nitrogens with zero attached hydrogens (tertiary/aromatic N) is 2. The van der Waals surface area contributed by atoms with Crippen molar-refractivity contribution in [3.8, 4) is 22.5 Å². The van der Waals surface area contributed by atoms with Crippen molar-refractivity contribution in [2.75, 3.05) is 6.61 Å². The number of fused-ring (bicyclic) bond motifs is 1. The number of hydrogen-bond donors (Lipinski definition) is 1. The monoisotopic (exact) mass is 509 g/mol. The molecule has 2 aromatic carbocycles. The topological polar surface area (TPSA) is 81.9 Å². The molecule has 1 aliphatic rings. The summed E-state index contributed by atoms with van der Waals surface area (Å²) < 4.78 is 12.5. The zero-order valence-electron chi connectivity index (χ0n) is 21.7. The standard InChI is InChI=1S/C31H30N3O4/c1-5-37-28(35)24-13-9-20-34-26(22-11-7-6-8-12-22)25(32-27(24)34)21-14-16-23(17-15-21)31(18-10-19-31)33-29(36)38-30(2,3)4/h6-9,11-17,20H,2-3,5,10,18-19H2,1,4H3/q+1/p+1. The van der Waals surface area contributed by atoms with Crippen LogP contribution in [0.15, 0.2) is 72.9 Å². The summed E-state index contributed by atoms with van der Waals surface area (Å²) in [4.78, 5) is 30.1. The largest absolute Gasteiger partial charge is 0.462 e. The highest BCUT2D eigenvalue weighted by atomic mass is 16.6. The van der Waals surface area contributed by atoms with Crippen LogP contribution in [0.3, 0.4) is 0 Å². The summed E-state index contributed by atoms with van der Waals surface area (Å²) in [6, 6.07) is 21.6. The molecule has 1 saturated carbocycles. The van der Waals surface area contributed by atoms with Gasteiger partial charge in [0.1, 0.15) is 5.56 Å². The van der Waals surface area contributed by atoms with E-state index in [0.29, 0.717) is 11.2 Å². The maximum Gasteiger partial charge on any atom is 0.414 e. The Morgan fingerprint density at radius 1 is 1.03 bits per heavy atom. The van der Waals surface area contributed by atoms with E-state index < -0.39 is 23.2 Å². The molecule has 38 heavy (non-hydrogen) atoms. The molecule has 0 aliphatic heterocycles. The number of carbonyl (C=O) groups excluding carboxylic acids is 2. The minimum absolute atomic E-state index is 0.284. The van der Waals surface area contributed by atoms with E-state index in [1.165, 1.54) is 0 Å². The Kier molecular flexibility index (Phi) is 6.53. The number of aromatic nitrogens is 2. The molecule has 2 heterocycles. The molecule has 0 spiro atoms. The lowest BCUT2D eigenvalue weighted by atomic mass is 9.71. The Morgan fingerprint density at radius 2 is 1.74 bits per heavy atom. The summed E-state index contributed by atoms with van der Waals surface area (Å²) in [5.74, 6) is -0.407. The second-order valence-corrected chi connectivity index (χ2v) is 9.99. The Morgan fingerprint density at radius 3 is 2.34 bits per heavy atom. The summed E-state index contributed by atoms with van der Waals surface area (Å²) in [5.41, 5.74) is 3.90. The zero-order valence-corrected chi connectivity index (χ0v) is 21.7. The van der Waals surface area contributed by atoms with Gasteiger partial charge in [0.25, 0.3) is 0 Å². The highest BCUT2D eigenvalue weighted by Crippen LogP contribution is 2.42. The molecule has 7 nitrogen and oxygen atoms in total. The summed E-state index contributed by atoms with van der Waals surface area (Å²) in [6.45, 7) is 11.2. The van der Waals surface area contributed by atoms with E-state index in [4.69, 9.17) is 14.5 Å². The molecule has 5 rings (SSSR count). The Bertz CT molecular complexity index is 1460. The van der Waals surface area contributed by atoms with E-state index >= 15 is 0 Å². The number of imidazole rings is 1. The maximum atomic E-state index is 12.7. The highest BCUT2D eigenvalue weighted by Gasteiger charge is 2.42. The van der Waals surface area contributed by atoms with Crippen LogP contribution in [0.4, 0.5) is 4.79 Å². The summed E-state index contributed by atoms with van der Waals surface area (Å²) in [5, 5.41) is 3.04. The van der Waals surface area contributed by atoms with E-state index in [0.717, 1.165) is 47.3 Å². The zero-order chi connectivity index (χ0) is 26.9. The molecule has 0 unspecified atom stereocenters. The third kappa shape index (κ3) is 4.79. The molecular weight excluding hydrogens is 478 g/mol. The lowest BCUT2D eigenvalue weighted by Gasteiger charge is -2.42. The van der Waals surface area contributed by atoms with Gasteiger partial charge in [-0.1, -0.05) is 54.6 Å². The Balaban J connectivity index is 1.56. The van der Waals surface area contributed by atoms with Crippen LogP contribution in [0, 0.1) is 13.8 Å². The van der Waals surface area contributed by atoms with Crippen molar-refractivity contribution < 1.29 is 19.1 Å². The third-order valence-electron chi connectivity index (χ3n) is 6.79. The Hall–Kier alpha value is -4.39. The SMILES string of the molecule is [CH2+]C([CH2+])(C)OC(=O)NC1(c2ccc(-c3nc4c(C(=O)OCC)cccn4c3-c3ccccc3)cc2)CCC1. The summed E-state index contributed by atoms with van der Waals surface area (Å²) in [7, 11) is 0. The fraction of sp³-hybridized carbons (Fsp3) is 0.258. The predicted molar refractivity (Wildman–Crippen MR) is 146 cm³/mol. The maximum absolute atomic E-state index is 12.7. The normalized spacial score (nSPS) is 14.5. The fourth-order valence-corrected chi connectivity index (χ4v) is 4.92. The van der Waals surface area contributed by atoms with Crippen LogP contribution in [0.2, 0.25) is 0 Å². The Labute approximate surface area is 222 Å². The molecule has 1 amide bonds. The minimum Gasteiger partial charge on any atom is -0.462 e. The number of ether oxygens (including phenoxy) is 2. The number of alkyl carbamates (subject to hydrolysis) is 1. The van der Waals surface area contributed by atoms with Crippen LogP contribution in [0.25, 0.3) is 28.2 Å². The van der Waals surface area contributed by atoms with E-state index in [2.05, 4.69) is 19.2 Å². The molecule has 1 fully saturated rings. The first-order valence-corrected chi connectivity index (χ1v) is 12.8. The third-order valence-corrected chi connectivity index (χ3v) is 6.79. The van der Waals surface area contributed by atoms with Gasteiger partial charge in [0.15, 0.2) is 19.5 Å². The van der Waals surface area contributed by atoms with Crippen molar-refractivity contribution in [2.24, 2.45) is 0 Å². The molecule has 1 aliphatic carbocycles. The van der Waals surface area contributed by atoms with E-state index in [-0.39, 0.29) is 6.61 Å². The molecule has 0 atom stereocenters. The lowest BCUT2D eigenvalue weighted by Crippen LogP contribution is -2.52. The van der Waals surface area contributed by atoms with Gasteiger partial charge in [-0.3, -0.25) is 4.40 Å². The van der Waals surface area contributed by atoms with E-state index in [9.17, 15) is 9.59 Å². The van der Waals surface area contributed by atoms with Gasteiger partial charge in [-0.25, -0.2) is 14.6 Å². The van der Waals surface area contributed by atoms with Crippen LogP contribution in [0.1, 0.15) is 49.0 Å². The van der Waals surface area contributed by atoms with Gasteiger partial charge in [-0.05, 0) is 43.9 Å². The average Bonchev–Trinajstić information content (AvgIpc) is 3.26. The van der Waals surface area contributed by atoms with Crippen LogP contribution in [0.5, 0.6) is 0 Å². The molecular formula is C31H31N3O4+2. The molecule has 1 N–H and O–H groups in total. The molecule has 0 bridgehead atoms. The first-order chi connectivity index (χ1) is 18.2. The van der Waals surface area contributed by atoms with Gasteiger partial charge < -0.3 is 14.8 Å². The van der Waals surface area contributed by atoms with Crippen molar-refractivity contribution in [3.05, 3.63) is 97.9 Å². The number of rotatable bonds is 7. The minimum atomic E-state index is -1.06.